The lowest BCUT2D eigenvalue weighted by atomic mass is 10.0. The summed E-state index contributed by atoms with van der Waals surface area (Å²) in [5.41, 5.74) is 0. The van der Waals surface area contributed by atoms with Gasteiger partial charge in [-0.3, -0.25) is 9.51 Å². The third-order valence-corrected chi connectivity index (χ3v) is 2.96. The Morgan fingerprint density at radius 1 is 1.62 bits per heavy atom. The SMILES string of the molecule is CCC1CCC(c2noc(=O)[nH]2)C1. The Labute approximate surface area is 76.3 Å². The van der Waals surface area contributed by atoms with Gasteiger partial charge in [-0.15, -0.1) is 0 Å². The number of aromatic nitrogens is 2. The minimum Gasteiger partial charge on any atom is -0.296 e. The summed E-state index contributed by atoms with van der Waals surface area (Å²) in [6, 6.07) is 0. The molecule has 0 amide bonds. The van der Waals surface area contributed by atoms with Crippen LogP contribution in [0.15, 0.2) is 9.32 Å². The average Bonchev–Trinajstić information content (AvgIpc) is 2.71. The standard InChI is InChI=1S/C9H14N2O2/c1-2-6-3-4-7(5-6)8-10-9(12)13-11-8/h6-7H,2-5H2,1H3,(H,10,11,12). The van der Waals surface area contributed by atoms with Crippen LogP contribution in [0.2, 0.25) is 0 Å². The number of hydrogen-bond donors (Lipinski definition) is 1. The lowest BCUT2D eigenvalue weighted by Crippen LogP contribution is -2.01. The molecule has 1 aromatic heterocycles. The van der Waals surface area contributed by atoms with E-state index in [0.717, 1.165) is 24.6 Å². The summed E-state index contributed by atoms with van der Waals surface area (Å²) in [6.45, 7) is 2.21. The Morgan fingerprint density at radius 2 is 2.46 bits per heavy atom. The van der Waals surface area contributed by atoms with Gasteiger partial charge in [0.1, 0.15) is 0 Å². The molecule has 1 N–H and O–H groups in total. The summed E-state index contributed by atoms with van der Waals surface area (Å²) in [6.07, 6.45) is 4.73. The van der Waals surface area contributed by atoms with Gasteiger partial charge < -0.3 is 0 Å². The first-order valence-electron chi connectivity index (χ1n) is 4.85. The molecule has 2 unspecified atom stereocenters. The fourth-order valence-corrected chi connectivity index (χ4v) is 2.11. The van der Waals surface area contributed by atoms with Crippen LogP contribution in [0.1, 0.15) is 44.3 Å². The second-order valence-electron chi connectivity index (χ2n) is 3.76. The Kier molecular flexibility index (Phi) is 2.20. The van der Waals surface area contributed by atoms with Crippen LogP contribution in [0, 0.1) is 5.92 Å². The van der Waals surface area contributed by atoms with Gasteiger partial charge >= 0.3 is 5.76 Å². The molecule has 0 saturated heterocycles. The van der Waals surface area contributed by atoms with Gasteiger partial charge in [0.05, 0.1) is 0 Å². The largest absolute Gasteiger partial charge is 0.438 e. The van der Waals surface area contributed by atoms with E-state index in [4.69, 9.17) is 0 Å². The maximum atomic E-state index is 10.7. The van der Waals surface area contributed by atoms with Crippen molar-refractivity contribution >= 4 is 0 Å². The molecule has 13 heavy (non-hydrogen) atoms. The average molecular weight is 182 g/mol. The first kappa shape index (κ1) is 8.53. The zero-order valence-corrected chi connectivity index (χ0v) is 7.75. The maximum Gasteiger partial charge on any atom is 0.438 e. The molecule has 2 rings (SSSR count). The first-order chi connectivity index (χ1) is 6.29. The third kappa shape index (κ3) is 1.66. The van der Waals surface area contributed by atoms with E-state index < -0.39 is 5.76 Å². The predicted molar refractivity (Wildman–Crippen MR) is 47.5 cm³/mol. The molecule has 1 aromatic rings. The highest BCUT2D eigenvalue weighted by Crippen LogP contribution is 2.37. The van der Waals surface area contributed by atoms with E-state index in [1.165, 1.54) is 12.8 Å². The highest BCUT2D eigenvalue weighted by atomic mass is 16.5. The molecule has 4 heteroatoms. The van der Waals surface area contributed by atoms with Gasteiger partial charge in [0.2, 0.25) is 0 Å². The van der Waals surface area contributed by atoms with E-state index >= 15 is 0 Å². The minimum absolute atomic E-state index is 0.413. The van der Waals surface area contributed by atoms with Gasteiger partial charge in [-0.25, -0.2) is 4.79 Å². The fraction of sp³-hybridized carbons (Fsp3) is 0.778. The van der Waals surface area contributed by atoms with Gasteiger partial charge in [0.25, 0.3) is 0 Å². The number of nitrogens with zero attached hydrogens (tertiary/aromatic N) is 1. The molecule has 2 atom stereocenters. The van der Waals surface area contributed by atoms with E-state index in [9.17, 15) is 4.79 Å². The van der Waals surface area contributed by atoms with E-state index in [-0.39, 0.29) is 0 Å². The zero-order chi connectivity index (χ0) is 9.26. The topological polar surface area (TPSA) is 58.9 Å². The Bertz CT molecular complexity index is 328. The molecule has 4 nitrogen and oxygen atoms in total. The highest BCUT2D eigenvalue weighted by molar-refractivity contribution is 4.96. The highest BCUT2D eigenvalue weighted by Gasteiger charge is 2.27. The number of hydrogen-bond acceptors (Lipinski definition) is 3. The second-order valence-corrected chi connectivity index (χ2v) is 3.76. The molecule has 1 saturated carbocycles. The van der Waals surface area contributed by atoms with Crippen LogP contribution >= 0.6 is 0 Å². The Hall–Kier alpha value is -1.06. The Morgan fingerprint density at radius 3 is 3.00 bits per heavy atom. The van der Waals surface area contributed by atoms with Crippen molar-refractivity contribution in [1.82, 2.24) is 10.1 Å². The lowest BCUT2D eigenvalue weighted by molar-refractivity contribution is 0.376. The monoisotopic (exact) mass is 182 g/mol. The molecule has 0 bridgehead atoms. The quantitative estimate of drug-likeness (QED) is 0.756. The number of H-pyrrole nitrogens is 1. The molecular formula is C9H14N2O2. The van der Waals surface area contributed by atoms with Crippen LogP contribution in [-0.2, 0) is 0 Å². The molecule has 0 spiro atoms. The number of rotatable bonds is 2. The molecule has 1 fully saturated rings. The number of nitrogens with one attached hydrogen (secondary N) is 1. The van der Waals surface area contributed by atoms with Crippen molar-refractivity contribution in [2.75, 3.05) is 0 Å². The zero-order valence-electron chi connectivity index (χ0n) is 7.75. The van der Waals surface area contributed by atoms with Crippen LogP contribution in [0.25, 0.3) is 0 Å². The molecule has 0 radical (unpaired) electrons. The summed E-state index contributed by atoms with van der Waals surface area (Å²) in [4.78, 5) is 13.3. The van der Waals surface area contributed by atoms with Crippen molar-refractivity contribution in [3.63, 3.8) is 0 Å². The van der Waals surface area contributed by atoms with Crippen molar-refractivity contribution < 1.29 is 4.52 Å². The molecule has 0 aromatic carbocycles. The van der Waals surface area contributed by atoms with Crippen LogP contribution in [0.3, 0.4) is 0 Å². The van der Waals surface area contributed by atoms with E-state index in [2.05, 4.69) is 21.6 Å². The van der Waals surface area contributed by atoms with Crippen molar-refractivity contribution in [3.05, 3.63) is 16.4 Å². The predicted octanol–water partition coefficient (Wildman–Crippen LogP) is 1.66. The van der Waals surface area contributed by atoms with Crippen LogP contribution in [0.4, 0.5) is 0 Å². The molecule has 1 aliphatic rings. The summed E-state index contributed by atoms with van der Waals surface area (Å²) in [7, 11) is 0. The van der Waals surface area contributed by atoms with Crippen LogP contribution in [0.5, 0.6) is 0 Å². The van der Waals surface area contributed by atoms with Crippen LogP contribution in [-0.4, -0.2) is 10.1 Å². The van der Waals surface area contributed by atoms with E-state index in [1.54, 1.807) is 0 Å². The fourth-order valence-electron chi connectivity index (χ4n) is 2.11. The van der Waals surface area contributed by atoms with Crippen molar-refractivity contribution in [2.24, 2.45) is 5.92 Å². The van der Waals surface area contributed by atoms with Crippen LogP contribution < -0.4 is 5.76 Å². The molecular weight excluding hydrogens is 168 g/mol. The first-order valence-corrected chi connectivity index (χ1v) is 4.85. The van der Waals surface area contributed by atoms with Crippen molar-refractivity contribution in [2.45, 2.75) is 38.5 Å². The smallest absolute Gasteiger partial charge is 0.296 e. The summed E-state index contributed by atoms with van der Waals surface area (Å²) >= 11 is 0. The van der Waals surface area contributed by atoms with Gasteiger partial charge in [-0.1, -0.05) is 18.5 Å². The van der Waals surface area contributed by atoms with Gasteiger partial charge in [0, 0.05) is 5.92 Å². The van der Waals surface area contributed by atoms with Crippen molar-refractivity contribution in [1.29, 1.82) is 0 Å². The molecule has 0 aliphatic heterocycles. The van der Waals surface area contributed by atoms with E-state index in [1.807, 2.05) is 0 Å². The third-order valence-electron chi connectivity index (χ3n) is 2.96. The second kappa shape index (κ2) is 3.36. The summed E-state index contributed by atoms with van der Waals surface area (Å²) in [5.74, 6) is 1.51. The number of aromatic amines is 1. The minimum atomic E-state index is -0.435. The van der Waals surface area contributed by atoms with Gasteiger partial charge in [0.15, 0.2) is 5.82 Å². The van der Waals surface area contributed by atoms with Crippen molar-refractivity contribution in [3.8, 4) is 0 Å². The molecule has 1 aliphatic carbocycles. The van der Waals surface area contributed by atoms with E-state index in [0.29, 0.717) is 5.92 Å². The van der Waals surface area contributed by atoms with Gasteiger partial charge in [-0.2, -0.15) is 0 Å². The molecule has 1 heterocycles. The summed E-state index contributed by atoms with van der Waals surface area (Å²) < 4.78 is 4.48. The maximum absolute atomic E-state index is 10.7. The molecule has 72 valence electrons. The Balaban J connectivity index is 2.07. The summed E-state index contributed by atoms with van der Waals surface area (Å²) in [5, 5.41) is 3.72. The van der Waals surface area contributed by atoms with Gasteiger partial charge in [-0.05, 0) is 25.2 Å². The lowest BCUT2D eigenvalue weighted by Gasteiger charge is -2.04. The normalized spacial score (nSPS) is 28.1.